The van der Waals surface area contributed by atoms with Crippen molar-refractivity contribution in [3.05, 3.63) is 29.8 Å². The van der Waals surface area contributed by atoms with E-state index in [1.54, 1.807) is 0 Å². The van der Waals surface area contributed by atoms with Crippen LogP contribution in [0.15, 0.2) is 18.2 Å². The van der Waals surface area contributed by atoms with E-state index in [-0.39, 0.29) is 18.0 Å². The molecule has 2 N–H and O–H groups in total. The predicted molar refractivity (Wildman–Crippen MR) is 71.9 cm³/mol. The van der Waals surface area contributed by atoms with Gasteiger partial charge >= 0.3 is 12.0 Å². The van der Waals surface area contributed by atoms with E-state index in [4.69, 9.17) is 5.11 Å². The summed E-state index contributed by atoms with van der Waals surface area (Å²) in [5.74, 6) is -2.13. The van der Waals surface area contributed by atoms with Gasteiger partial charge in [0.2, 0.25) is 0 Å². The van der Waals surface area contributed by atoms with E-state index in [9.17, 15) is 18.4 Å². The lowest BCUT2D eigenvalue weighted by Gasteiger charge is -2.31. The Labute approximate surface area is 120 Å². The van der Waals surface area contributed by atoms with Crippen molar-refractivity contribution in [1.29, 1.82) is 0 Å². The van der Waals surface area contributed by atoms with Crippen LogP contribution in [0.4, 0.5) is 19.3 Å². The van der Waals surface area contributed by atoms with Gasteiger partial charge in [0.05, 0.1) is 5.69 Å². The summed E-state index contributed by atoms with van der Waals surface area (Å²) >= 11 is 0. The quantitative estimate of drug-likeness (QED) is 0.901. The van der Waals surface area contributed by atoms with Crippen LogP contribution in [0.2, 0.25) is 0 Å². The van der Waals surface area contributed by atoms with Gasteiger partial charge in [-0.2, -0.15) is 0 Å². The highest BCUT2D eigenvalue weighted by Gasteiger charge is 2.24. The third-order valence-corrected chi connectivity index (χ3v) is 3.54. The SMILES string of the molecule is O=C(O)CC1CCN(C(=O)Nc2cc(F)ccc2F)CC1. The number of aliphatic carboxylic acids is 1. The molecule has 1 aliphatic heterocycles. The molecular formula is C14H16F2N2O3. The molecule has 1 aromatic carbocycles. The molecule has 5 nitrogen and oxygen atoms in total. The van der Waals surface area contributed by atoms with Gasteiger partial charge in [-0.3, -0.25) is 4.79 Å². The van der Waals surface area contributed by atoms with Crippen LogP contribution < -0.4 is 5.32 Å². The molecule has 1 aromatic rings. The van der Waals surface area contributed by atoms with Crippen molar-refractivity contribution in [2.24, 2.45) is 5.92 Å². The Morgan fingerprint density at radius 3 is 2.57 bits per heavy atom. The first-order chi connectivity index (χ1) is 9.95. The number of carbonyl (C=O) groups is 2. The summed E-state index contributed by atoms with van der Waals surface area (Å²) in [6, 6.07) is 2.34. The molecule has 21 heavy (non-hydrogen) atoms. The van der Waals surface area contributed by atoms with E-state index in [2.05, 4.69) is 5.32 Å². The van der Waals surface area contributed by atoms with Crippen LogP contribution in [-0.4, -0.2) is 35.1 Å². The molecule has 1 aliphatic rings. The average Bonchev–Trinajstić information content (AvgIpc) is 2.43. The highest BCUT2D eigenvalue weighted by molar-refractivity contribution is 5.89. The Balaban J connectivity index is 1.90. The number of carboxylic acids is 1. The smallest absolute Gasteiger partial charge is 0.321 e. The number of piperidine rings is 1. The first-order valence-electron chi connectivity index (χ1n) is 6.68. The molecule has 1 fully saturated rings. The second-order valence-electron chi connectivity index (χ2n) is 5.08. The predicted octanol–water partition coefficient (Wildman–Crippen LogP) is 2.68. The van der Waals surface area contributed by atoms with E-state index in [0.717, 1.165) is 18.2 Å². The van der Waals surface area contributed by atoms with Gasteiger partial charge in [0.25, 0.3) is 0 Å². The lowest BCUT2D eigenvalue weighted by molar-refractivity contribution is -0.138. The van der Waals surface area contributed by atoms with Crippen LogP contribution in [0.25, 0.3) is 0 Å². The topological polar surface area (TPSA) is 69.6 Å². The zero-order valence-electron chi connectivity index (χ0n) is 11.3. The van der Waals surface area contributed by atoms with Gasteiger partial charge in [0.1, 0.15) is 11.6 Å². The molecule has 0 aromatic heterocycles. The minimum absolute atomic E-state index is 0.0532. The average molecular weight is 298 g/mol. The number of amides is 2. The number of likely N-dealkylation sites (tertiary alicyclic amines) is 1. The number of nitrogens with one attached hydrogen (secondary N) is 1. The van der Waals surface area contributed by atoms with Gasteiger partial charge in [-0.15, -0.1) is 0 Å². The molecule has 114 valence electrons. The molecule has 2 amide bonds. The molecule has 2 rings (SSSR count). The molecule has 0 radical (unpaired) electrons. The molecule has 0 atom stereocenters. The van der Waals surface area contributed by atoms with Gasteiger partial charge in [0, 0.05) is 25.6 Å². The first kappa shape index (κ1) is 15.2. The van der Waals surface area contributed by atoms with Gasteiger partial charge in [0.15, 0.2) is 0 Å². The molecule has 0 saturated carbocycles. The van der Waals surface area contributed by atoms with Crippen molar-refractivity contribution in [3.8, 4) is 0 Å². The number of hydrogen-bond acceptors (Lipinski definition) is 2. The normalized spacial score (nSPS) is 15.8. The van der Waals surface area contributed by atoms with Crippen LogP contribution >= 0.6 is 0 Å². The summed E-state index contributed by atoms with van der Waals surface area (Å²) in [7, 11) is 0. The van der Waals surface area contributed by atoms with Gasteiger partial charge in [-0.1, -0.05) is 0 Å². The summed E-state index contributed by atoms with van der Waals surface area (Å²) in [6.45, 7) is 0.807. The second kappa shape index (κ2) is 6.51. The highest BCUT2D eigenvalue weighted by Crippen LogP contribution is 2.22. The maximum atomic E-state index is 13.4. The minimum atomic E-state index is -0.847. The molecule has 0 aliphatic carbocycles. The largest absolute Gasteiger partial charge is 0.481 e. The fourth-order valence-corrected chi connectivity index (χ4v) is 2.37. The molecular weight excluding hydrogens is 282 g/mol. The van der Waals surface area contributed by atoms with E-state index in [1.807, 2.05) is 0 Å². The molecule has 0 bridgehead atoms. The number of benzene rings is 1. The number of carboxylic acid groups (broad SMARTS) is 1. The van der Waals surface area contributed by atoms with Crippen LogP contribution in [0.1, 0.15) is 19.3 Å². The maximum absolute atomic E-state index is 13.4. The van der Waals surface area contributed by atoms with E-state index in [0.29, 0.717) is 25.9 Å². The van der Waals surface area contributed by atoms with E-state index in [1.165, 1.54) is 4.90 Å². The minimum Gasteiger partial charge on any atom is -0.481 e. The molecule has 7 heteroatoms. The fraction of sp³-hybridized carbons (Fsp3) is 0.429. The Morgan fingerprint density at radius 1 is 1.29 bits per heavy atom. The summed E-state index contributed by atoms with van der Waals surface area (Å²) in [4.78, 5) is 24.1. The van der Waals surface area contributed by atoms with E-state index >= 15 is 0 Å². The summed E-state index contributed by atoms with van der Waals surface area (Å²) in [6.07, 6.45) is 1.27. The Kier molecular flexibility index (Phi) is 4.72. The van der Waals surface area contributed by atoms with Crippen molar-refractivity contribution in [2.45, 2.75) is 19.3 Å². The van der Waals surface area contributed by atoms with Crippen LogP contribution in [0, 0.1) is 17.6 Å². The third-order valence-electron chi connectivity index (χ3n) is 3.54. The summed E-state index contributed by atoms with van der Waals surface area (Å²) < 4.78 is 26.5. The zero-order chi connectivity index (χ0) is 15.4. The number of carbonyl (C=O) groups excluding carboxylic acids is 1. The Hall–Kier alpha value is -2.18. The lowest BCUT2D eigenvalue weighted by Crippen LogP contribution is -2.41. The highest BCUT2D eigenvalue weighted by atomic mass is 19.1. The number of halogens is 2. The lowest BCUT2D eigenvalue weighted by atomic mass is 9.94. The van der Waals surface area contributed by atoms with E-state index < -0.39 is 23.6 Å². The zero-order valence-corrected chi connectivity index (χ0v) is 11.3. The summed E-state index contributed by atoms with van der Waals surface area (Å²) in [5.41, 5.74) is -0.201. The van der Waals surface area contributed by atoms with Crippen molar-refractivity contribution in [3.63, 3.8) is 0 Å². The number of urea groups is 1. The van der Waals surface area contributed by atoms with Crippen LogP contribution in [0.5, 0.6) is 0 Å². The number of anilines is 1. The first-order valence-corrected chi connectivity index (χ1v) is 6.68. The number of nitrogens with zero attached hydrogens (tertiary/aromatic N) is 1. The van der Waals surface area contributed by atoms with Crippen molar-refractivity contribution >= 4 is 17.7 Å². The second-order valence-corrected chi connectivity index (χ2v) is 5.08. The summed E-state index contributed by atoms with van der Waals surface area (Å²) in [5, 5.41) is 11.1. The standard InChI is InChI=1S/C14H16F2N2O3/c15-10-1-2-11(16)12(8-10)17-14(21)18-5-3-9(4-6-18)7-13(19)20/h1-2,8-9H,3-7H2,(H,17,21)(H,19,20). The molecule has 0 spiro atoms. The molecule has 1 saturated heterocycles. The van der Waals surface area contributed by atoms with Crippen molar-refractivity contribution in [1.82, 2.24) is 4.90 Å². The molecule has 0 unspecified atom stereocenters. The number of hydrogen-bond donors (Lipinski definition) is 2. The fourth-order valence-electron chi connectivity index (χ4n) is 2.37. The molecule has 1 heterocycles. The van der Waals surface area contributed by atoms with Crippen LogP contribution in [0.3, 0.4) is 0 Å². The third kappa shape index (κ3) is 4.14. The van der Waals surface area contributed by atoms with Gasteiger partial charge in [-0.25, -0.2) is 13.6 Å². The maximum Gasteiger partial charge on any atom is 0.321 e. The van der Waals surface area contributed by atoms with Gasteiger partial charge in [-0.05, 0) is 30.9 Å². The van der Waals surface area contributed by atoms with Crippen molar-refractivity contribution in [2.75, 3.05) is 18.4 Å². The Morgan fingerprint density at radius 2 is 1.95 bits per heavy atom. The Bertz CT molecular complexity index is 543. The van der Waals surface area contributed by atoms with Crippen LogP contribution in [-0.2, 0) is 4.79 Å². The monoisotopic (exact) mass is 298 g/mol. The van der Waals surface area contributed by atoms with Crippen molar-refractivity contribution < 1.29 is 23.5 Å². The number of rotatable bonds is 3. The van der Waals surface area contributed by atoms with Gasteiger partial charge < -0.3 is 15.3 Å².